The third-order valence-electron chi connectivity index (χ3n) is 6.87. The summed E-state index contributed by atoms with van der Waals surface area (Å²) in [6.07, 6.45) is 1.20. The highest BCUT2D eigenvalue weighted by Crippen LogP contribution is 2.52. The summed E-state index contributed by atoms with van der Waals surface area (Å²) in [5.41, 5.74) is -0.997. The van der Waals surface area contributed by atoms with E-state index in [1.54, 1.807) is 36.4 Å². The van der Waals surface area contributed by atoms with Gasteiger partial charge >= 0.3 is 12.2 Å². The number of nitrogens with zero attached hydrogens (tertiary/aromatic N) is 2. The summed E-state index contributed by atoms with van der Waals surface area (Å²) in [5.74, 6) is -0.240. The Kier molecular flexibility index (Phi) is 9.76. The van der Waals surface area contributed by atoms with Crippen molar-refractivity contribution in [2.75, 3.05) is 34.5 Å². The molecule has 11 nitrogen and oxygen atoms in total. The number of hydrogen-bond acceptors (Lipinski definition) is 9. The van der Waals surface area contributed by atoms with Crippen LogP contribution in [0.5, 0.6) is 17.2 Å². The third-order valence-corrected chi connectivity index (χ3v) is 7.13. The van der Waals surface area contributed by atoms with Gasteiger partial charge in [-0.3, -0.25) is 4.79 Å². The normalized spacial score (nSPS) is 18.9. The second-order valence-corrected chi connectivity index (χ2v) is 11.4. The van der Waals surface area contributed by atoms with Crippen LogP contribution in [0.1, 0.15) is 55.2 Å². The molecule has 232 valence electrons. The summed E-state index contributed by atoms with van der Waals surface area (Å²) in [5, 5.41) is 2.49. The van der Waals surface area contributed by atoms with E-state index in [-0.39, 0.29) is 54.5 Å². The van der Waals surface area contributed by atoms with Crippen molar-refractivity contribution in [3.63, 3.8) is 0 Å². The van der Waals surface area contributed by atoms with E-state index in [9.17, 15) is 14.4 Å². The summed E-state index contributed by atoms with van der Waals surface area (Å²) in [6, 6.07) is 7.59. The van der Waals surface area contributed by atoms with Gasteiger partial charge in [-0.1, -0.05) is 57.5 Å². The molecule has 0 saturated heterocycles. The maximum atomic E-state index is 14.7. The van der Waals surface area contributed by atoms with Gasteiger partial charge < -0.3 is 28.4 Å². The van der Waals surface area contributed by atoms with Crippen LogP contribution in [-0.2, 0) is 20.8 Å². The zero-order chi connectivity index (χ0) is 31.5. The van der Waals surface area contributed by atoms with E-state index >= 15 is 0 Å². The highest BCUT2D eigenvalue weighted by atomic mass is 35.5. The molecule has 0 unspecified atom stereocenters. The predicted molar refractivity (Wildman–Crippen MR) is 157 cm³/mol. The fourth-order valence-corrected chi connectivity index (χ4v) is 4.96. The molecule has 0 saturated carbocycles. The summed E-state index contributed by atoms with van der Waals surface area (Å²) in [4.78, 5) is 42.1. The molecule has 0 radical (unpaired) electrons. The van der Waals surface area contributed by atoms with Gasteiger partial charge in [0.05, 0.1) is 33.0 Å². The second kappa shape index (κ2) is 13.1. The molecule has 2 aromatic carbocycles. The molecule has 1 aliphatic carbocycles. The van der Waals surface area contributed by atoms with Crippen molar-refractivity contribution in [3.8, 4) is 17.2 Å². The molecule has 2 aliphatic heterocycles. The number of halogens is 1. The number of methoxy groups -OCH3 is 3. The van der Waals surface area contributed by atoms with Crippen LogP contribution in [0.2, 0.25) is 5.02 Å². The summed E-state index contributed by atoms with van der Waals surface area (Å²) >= 11 is 6.05. The Balaban J connectivity index is 1.94. The minimum Gasteiger partial charge on any atom is -0.493 e. The van der Waals surface area contributed by atoms with Crippen LogP contribution in [0.4, 0.5) is 9.59 Å². The van der Waals surface area contributed by atoms with Gasteiger partial charge in [0, 0.05) is 12.1 Å². The fourth-order valence-electron chi connectivity index (χ4n) is 4.84. The average Bonchev–Trinajstić information content (AvgIpc) is 3.16. The highest BCUT2D eigenvalue weighted by Gasteiger charge is 2.60. The van der Waals surface area contributed by atoms with Crippen LogP contribution in [0.15, 0.2) is 42.5 Å². The molecule has 5 rings (SSSR count). The van der Waals surface area contributed by atoms with Gasteiger partial charge in [-0.05, 0) is 47.2 Å². The summed E-state index contributed by atoms with van der Waals surface area (Å²) in [6.45, 7) is 7.65. The molecule has 12 heteroatoms. The van der Waals surface area contributed by atoms with Crippen molar-refractivity contribution >= 4 is 29.6 Å². The zero-order valence-corrected chi connectivity index (χ0v) is 26.1. The lowest BCUT2D eigenvalue weighted by atomic mass is 9.95. The Labute approximate surface area is 256 Å². The standard InChI is InChI=1S/C31H37ClN2O9/c1-18(2)15-42-29(36)33-23-12-13-31(40-7,34(33)30(37)43-16-19(3)4)28(35)25-22(23)14-24(38-5)26(39-6)27(25)41-17-20-8-10-21(32)11-9-20/h8-14,18-19,23H,15-17H2,1-7H3/t23-,31+/m1/s1. The lowest BCUT2D eigenvalue weighted by molar-refractivity contribution is -0.160. The maximum Gasteiger partial charge on any atom is 0.432 e. The van der Waals surface area contributed by atoms with Gasteiger partial charge in [-0.15, -0.1) is 0 Å². The molecule has 0 N–H and O–H groups in total. The number of Topliss-reactive ketones (excluding diaryl/α,β-unsaturated/α-hetero) is 1. The second-order valence-electron chi connectivity index (χ2n) is 11.0. The molecule has 43 heavy (non-hydrogen) atoms. The number of amides is 2. The van der Waals surface area contributed by atoms with Crippen molar-refractivity contribution < 1.29 is 42.8 Å². The molecule has 2 bridgehead atoms. The first kappa shape index (κ1) is 32.0. The van der Waals surface area contributed by atoms with Gasteiger partial charge in [0.2, 0.25) is 17.3 Å². The SMILES string of the molecule is COc1cc2c(c(OCc3ccc(Cl)cc3)c1OC)C(=O)[C@@]1(OC)C=C[C@H]2N(C(=O)OCC(C)C)N1C(=O)OCC(C)C. The van der Waals surface area contributed by atoms with Gasteiger partial charge in [-0.2, -0.15) is 10.0 Å². The predicted octanol–water partition coefficient (Wildman–Crippen LogP) is 6.19. The first-order valence-electron chi connectivity index (χ1n) is 13.9. The van der Waals surface area contributed by atoms with E-state index in [0.717, 1.165) is 15.6 Å². The van der Waals surface area contributed by atoms with Crippen LogP contribution in [0.25, 0.3) is 0 Å². The number of rotatable bonds is 10. The van der Waals surface area contributed by atoms with E-state index in [4.69, 9.17) is 40.0 Å². The Morgan fingerprint density at radius 1 is 0.930 bits per heavy atom. The number of ether oxygens (including phenoxy) is 6. The van der Waals surface area contributed by atoms with E-state index in [0.29, 0.717) is 10.6 Å². The monoisotopic (exact) mass is 616 g/mol. The van der Waals surface area contributed by atoms with E-state index in [1.165, 1.54) is 27.4 Å². The number of hydrogen-bond donors (Lipinski definition) is 0. The van der Waals surface area contributed by atoms with Crippen LogP contribution < -0.4 is 14.2 Å². The molecule has 0 fully saturated rings. The molecule has 2 heterocycles. The van der Waals surface area contributed by atoms with Crippen LogP contribution in [0.3, 0.4) is 0 Å². The molecule has 2 aromatic rings. The van der Waals surface area contributed by atoms with Crippen molar-refractivity contribution in [1.82, 2.24) is 10.0 Å². The Morgan fingerprint density at radius 3 is 2.12 bits per heavy atom. The molecule has 0 aromatic heterocycles. The largest absolute Gasteiger partial charge is 0.493 e. The van der Waals surface area contributed by atoms with E-state index < -0.39 is 29.7 Å². The fraction of sp³-hybridized carbons (Fsp3) is 0.452. The van der Waals surface area contributed by atoms with Crippen molar-refractivity contribution in [3.05, 3.63) is 64.2 Å². The molecule has 2 atom stereocenters. The number of ketones is 1. The Bertz CT molecular complexity index is 1390. The molecular formula is C31H37ClN2O9. The lowest BCUT2D eigenvalue weighted by Crippen LogP contribution is -2.66. The summed E-state index contributed by atoms with van der Waals surface area (Å²) in [7, 11) is 4.13. The van der Waals surface area contributed by atoms with Crippen LogP contribution in [0, 0.1) is 11.8 Å². The van der Waals surface area contributed by atoms with Gasteiger partial charge in [0.25, 0.3) is 0 Å². The smallest absolute Gasteiger partial charge is 0.432 e. The molecule has 0 spiro atoms. The van der Waals surface area contributed by atoms with Crippen molar-refractivity contribution in [2.45, 2.75) is 46.1 Å². The number of carbonyl (C=O) groups excluding carboxylic acids is 3. The number of carbonyl (C=O) groups is 3. The maximum absolute atomic E-state index is 14.7. The topological polar surface area (TPSA) is 113 Å². The van der Waals surface area contributed by atoms with Crippen molar-refractivity contribution in [2.24, 2.45) is 11.8 Å². The average molecular weight is 617 g/mol. The Morgan fingerprint density at radius 2 is 1.56 bits per heavy atom. The lowest BCUT2D eigenvalue weighted by Gasteiger charge is -2.46. The van der Waals surface area contributed by atoms with Gasteiger partial charge in [-0.25, -0.2) is 9.59 Å². The van der Waals surface area contributed by atoms with Crippen molar-refractivity contribution in [1.29, 1.82) is 0 Å². The molecule has 2 amide bonds. The van der Waals surface area contributed by atoms with E-state index in [1.807, 2.05) is 27.7 Å². The minimum absolute atomic E-state index is 0.00697. The van der Waals surface area contributed by atoms with Gasteiger partial charge in [0.15, 0.2) is 11.5 Å². The third kappa shape index (κ3) is 6.09. The summed E-state index contributed by atoms with van der Waals surface area (Å²) < 4.78 is 34.5. The molecule has 3 aliphatic rings. The molecular weight excluding hydrogens is 580 g/mol. The first-order chi connectivity index (χ1) is 20.5. The quantitative estimate of drug-likeness (QED) is 0.288. The number of benzene rings is 2. The zero-order valence-electron chi connectivity index (χ0n) is 25.3. The highest BCUT2D eigenvalue weighted by molar-refractivity contribution is 6.30. The van der Waals surface area contributed by atoms with E-state index in [2.05, 4.69) is 0 Å². The van der Waals surface area contributed by atoms with Crippen LogP contribution in [-0.4, -0.2) is 68.3 Å². The van der Waals surface area contributed by atoms with Crippen LogP contribution >= 0.6 is 11.6 Å². The minimum atomic E-state index is -2.12. The number of fused-ring (bicyclic) bond motifs is 1. The first-order valence-corrected chi connectivity index (χ1v) is 14.2. The number of hydrazine groups is 1. The Hall–Kier alpha value is -3.96. The van der Waals surface area contributed by atoms with Gasteiger partial charge in [0.1, 0.15) is 12.6 Å².